The molecule has 1 aromatic carbocycles. The van der Waals surface area contributed by atoms with Crippen LogP contribution in [0.1, 0.15) is 31.1 Å². The largest absolute Gasteiger partial charge is 0.496 e. The molecule has 1 unspecified atom stereocenters. The van der Waals surface area contributed by atoms with Crippen LogP contribution in [-0.4, -0.2) is 41.7 Å². The lowest BCUT2D eigenvalue weighted by Crippen LogP contribution is -2.51. The van der Waals surface area contributed by atoms with E-state index in [0.29, 0.717) is 17.1 Å². The predicted octanol–water partition coefficient (Wildman–Crippen LogP) is 3.06. The van der Waals surface area contributed by atoms with Gasteiger partial charge in [-0.1, -0.05) is 30.0 Å². The number of nitrogens with zero attached hydrogens (tertiary/aromatic N) is 2. The van der Waals surface area contributed by atoms with Crippen molar-refractivity contribution in [2.45, 2.75) is 31.8 Å². The molecule has 0 saturated carbocycles. The van der Waals surface area contributed by atoms with Gasteiger partial charge in [0.15, 0.2) is 5.50 Å². The van der Waals surface area contributed by atoms with Crippen LogP contribution in [0.5, 0.6) is 11.5 Å². The Morgan fingerprint density at radius 1 is 1.33 bits per heavy atom. The second-order valence-corrected chi connectivity index (χ2v) is 6.83. The molecule has 1 amide bonds. The number of ether oxygens (including phenoxy) is 2. The molecule has 2 rings (SSSR count). The minimum atomic E-state index is -0.386. The van der Waals surface area contributed by atoms with E-state index in [2.05, 4.69) is 17.0 Å². The summed E-state index contributed by atoms with van der Waals surface area (Å²) in [6.07, 6.45) is 0. The highest BCUT2D eigenvalue weighted by atomic mass is 32.2. The maximum atomic E-state index is 12.8. The van der Waals surface area contributed by atoms with Gasteiger partial charge in [-0.25, -0.2) is 0 Å². The molecule has 0 fully saturated rings. The van der Waals surface area contributed by atoms with Crippen molar-refractivity contribution in [3.05, 3.63) is 35.9 Å². The molecule has 0 aliphatic carbocycles. The van der Waals surface area contributed by atoms with Gasteiger partial charge >= 0.3 is 0 Å². The molecule has 0 saturated heterocycles. The van der Waals surface area contributed by atoms with Crippen LogP contribution in [-0.2, 0) is 0 Å². The normalized spacial score (nSPS) is 16.9. The molecule has 24 heavy (non-hydrogen) atoms. The van der Waals surface area contributed by atoms with Crippen molar-refractivity contribution in [3.63, 3.8) is 0 Å². The average Bonchev–Trinajstić information content (AvgIpc) is 3.02. The Labute approximate surface area is 146 Å². The van der Waals surface area contributed by atoms with E-state index >= 15 is 0 Å². The SMILES string of the molecule is C=C(C)C(C)(C)N1N=CSC1NC(=O)c1c(OC)cccc1OC. The highest BCUT2D eigenvalue weighted by Gasteiger charge is 2.37. The van der Waals surface area contributed by atoms with Crippen LogP contribution in [0.4, 0.5) is 0 Å². The van der Waals surface area contributed by atoms with Crippen molar-refractivity contribution in [2.24, 2.45) is 5.10 Å². The van der Waals surface area contributed by atoms with Gasteiger partial charge in [0.1, 0.15) is 17.1 Å². The van der Waals surface area contributed by atoms with Gasteiger partial charge in [0.25, 0.3) is 5.91 Å². The van der Waals surface area contributed by atoms with Crippen LogP contribution < -0.4 is 14.8 Å². The zero-order chi connectivity index (χ0) is 17.9. The van der Waals surface area contributed by atoms with Crippen molar-refractivity contribution in [1.29, 1.82) is 0 Å². The van der Waals surface area contributed by atoms with Crippen LogP contribution in [0, 0.1) is 0 Å². The van der Waals surface area contributed by atoms with Crippen molar-refractivity contribution >= 4 is 23.2 Å². The quantitative estimate of drug-likeness (QED) is 0.800. The summed E-state index contributed by atoms with van der Waals surface area (Å²) < 4.78 is 10.6. The van der Waals surface area contributed by atoms with Gasteiger partial charge in [-0.2, -0.15) is 5.10 Å². The van der Waals surface area contributed by atoms with E-state index < -0.39 is 0 Å². The molecule has 1 heterocycles. The molecule has 130 valence electrons. The molecule has 1 N–H and O–H groups in total. The van der Waals surface area contributed by atoms with Crippen LogP contribution in [0.2, 0.25) is 0 Å². The molecule has 0 spiro atoms. The Kier molecular flexibility index (Phi) is 5.43. The Morgan fingerprint density at radius 3 is 2.42 bits per heavy atom. The first kappa shape index (κ1) is 18.2. The monoisotopic (exact) mass is 349 g/mol. The van der Waals surface area contributed by atoms with Gasteiger partial charge in [0.2, 0.25) is 0 Å². The summed E-state index contributed by atoms with van der Waals surface area (Å²) in [4.78, 5) is 12.8. The minimum Gasteiger partial charge on any atom is -0.496 e. The summed E-state index contributed by atoms with van der Waals surface area (Å²) in [7, 11) is 3.05. The number of hydrazone groups is 1. The van der Waals surface area contributed by atoms with E-state index in [1.165, 1.54) is 26.0 Å². The Hall–Kier alpha value is -2.15. The molecule has 0 aromatic heterocycles. The summed E-state index contributed by atoms with van der Waals surface area (Å²) in [5.74, 6) is 0.637. The van der Waals surface area contributed by atoms with E-state index in [1.54, 1.807) is 23.7 Å². The van der Waals surface area contributed by atoms with Crippen LogP contribution >= 0.6 is 11.8 Å². The second kappa shape index (κ2) is 7.17. The lowest BCUT2D eigenvalue weighted by Gasteiger charge is -2.38. The van der Waals surface area contributed by atoms with E-state index in [1.807, 2.05) is 25.8 Å². The third-order valence-electron chi connectivity index (χ3n) is 4.11. The molecule has 0 radical (unpaired) electrons. The van der Waals surface area contributed by atoms with Crippen molar-refractivity contribution in [1.82, 2.24) is 10.3 Å². The number of benzene rings is 1. The molecule has 1 aliphatic rings. The summed E-state index contributed by atoms with van der Waals surface area (Å²) in [6, 6.07) is 5.23. The maximum absolute atomic E-state index is 12.8. The van der Waals surface area contributed by atoms with Crippen LogP contribution in [0.15, 0.2) is 35.5 Å². The number of hydrogen-bond acceptors (Lipinski definition) is 6. The number of thioether (sulfide) groups is 1. The van der Waals surface area contributed by atoms with Crippen molar-refractivity contribution in [3.8, 4) is 11.5 Å². The maximum Gasteiger partial charge on any atom is 0.261 e. The number of amides is 1. The first-order valence-electron chi connectivity index (χ1n) is 7.48. The highest BCUT2D eigenvalue weighted by Crippen LogP contribution is 2.33. The van der Waals surface area contributed by atoms with E-state index in [9.17, 15) is 4.79 Å². The number of nitrogens with one attached hydrogen (secondary N) is 1. The third-order valence-corrected chi connectivity index (χ3v) is 4.90. The van der Waals surface area contributed by atoms with Gasteiger partial charge in [-0.15, -0.1) is 0 Å². The second-order valence-electron chi connectivity index (χ2n) is 5.90. The van der Waals surface area contributed by atoms with E-state index in [0.717, 1.165) is 5.57 Å². The zero-order valence-corrected chi connectivity index (χ0v) is 15.4. The molecule has 1 aliphatic heterocycles. The molecule has 1 atom stereocenters. The lowest BCUT2D eigenvalue weighted by molar-refractivity contribution is 0.0836. The van der Waals surface area contributed by atoms with Crippen LogP contribution in [0.25, 0.3) is 0 Å². The molecular weight excluding hydrogens is 326 g/mol. The lowest BCUT2D eigenvalue weighted by atomic mass is 9.96. The Morgan fingerprint density at radius 2 is 1.92 bits per heavy atom. The Bertz CT molecular complexity index is 651. The molecule has 0 bridgehead atoms. The Balaban J connectivity index is 2.26. The topological polar surface area (TPSA) is 63.2 Å². The van der Waals surface area contributed by atoms with Gasteiger partial charge in [-0.05, 0) is 32.9 Å². The first-order chi connectivity index (χ1) is 11.3. The summed E-state index contributed by atoms with van der Waals surface area (Å²) >= 11 is 1.42. The summed E-state index contributed by atoms with van der Waals surface area (Å²) in [6.45, 7) is 10.00. The summed E-state index contributed by atoms with van der Waals surface area (Å²) in [5.41, 5.74) is 2.32. The number of rotatable bonds is 6. The number of hydrogen-bond donors (Lipinski definition) is 1. The minimum absolute atomic E-state index is 0.283. The molecule has 1 aromatic rings. The predicted molar refractivity (Wildman–Crippen MR) is 97.6 cm³/mol. The average molecular weight is 349 g/mol. The standard InChI is InChI=1S/C17H23N3O3S/c1-11(2)17(3,4)20-16(24-10-18-20)19-15(21)14-12(22-5)8-7-9-13(14)23-6/h7-10,16H,1H2,2-6H3,(H,19,21). The molecule has 7 heteroatoms. The smallest absolute Gasteiger partial charge is 0.261 e. The van der Waals surface area contributed by atoms with E-state index in [-0.39, 0.29) is 16.9 Å². The van der Waals surface area contributed by atoms with Crippen LogP contribution in [0.3, 0.4) is 0 Å². The fourth-order valence-corrected chi connectivity index (χ4v) is 3.12. The molecular formula is C17H23N3O3S. The van der Waals surface area contributed by atoms with E-state index in [4.69, 9.17) is 9.47 Å². The van der Waals surface area contributed by atoms with Gasteiger partial charge in [-0.3, -0.25) is 9.80 Å². The fraction of sp³-hybridized carbons (Fsp3) is 0.412. The summed E-state index contributed by atoms with van der Waals surface area (Å²) in [5, 5.41) is 9.19. The fourth-order valence-electron chi connectivity index (χ4n) is 2.24. The van der Waals surface area contributed by atoms with Gasteiger partial charge in [0.05, 0.1) is 25.3 Å². The third kappa shape index (κ3) is 3.36. The molecule has 6 nitrogen and oxygen atoms in total. The van der Waals surface area contributed by atoms with Gasteiger partial charge in [0, 0.05) is 0 Å². The first-order valence-corrected chi connectivity index (χ1v) is 8.42. The number of carbonyl (C=O) groups excluding carboxylic acids is 1. The van der Waals surface area contributed by atoms with Crippen molar-refractivity contribution in [2.75, 3.05) is 14.2 Å². The number of methoxy groups -OCH3 is 2. The zero-order valence-electron chi connectivity index (χ0n) is 14.6. The van der Waals surface area contributed by atoms with Crippen molar-refractivity contribution < 1.29 is 14.3 Å². The highest BCUT2D eigenvalue weighted by molar-refractivity contribution is 8.12. The van der Waals surface area contributed by atoms with Gasteiger partial charge < -0.3 is 14.8 Å². The number of carbonyl (C=O) groups is 1.